The number of fused-ring (bicyclic) bond motifs is 1. The zero-order valence-corrected chi connectivity index (χ0v) is 18.4. The van der Waals surface area contributed by atoms with Gasteiger partial charge in [-0.2, -0.15) is 4.98 Å². The van der Waals surface area contributed by atoms with Crippen LogP contribution in [0.5, 0.6) is 0 Å². The van der Waals surface area contributed by atoms with E-state index < -0.39 is 5.82 Å². The molecular formula is C23H24ClFN6O. The van der Waals surface area contributed by atoms with Gasteiger partial charge in [-0.15, -0.1) is 0 Å². The molecule has 1 aliphatic heterocycles. The summed E-state index contributed by atoms with van der Waals surface area (Å²) < 4.78 is 22.5. The molecule has 1 saturated carbocycles. The van der Waals surface area contributed by atoms with Crippen molar-refractivity contribution in [2.24, 2.45) is 0 Å². The number of anilines is 1. The van der Waals surface area contributed by atoms with Gasteiger partial charge in [0, 0.05) is 60.0 Å². The van der Waals surface area contributed by atoms with Gasteiger partial charge in [-0.1, -0.05) is 11.6 Å². The Labute approximate surface area is 190 Å². The predicted octanol–water partition coefficient (Wildman–Crippen LogP) is 3.99. The maximum absolute atomic E-state index is 14.8. The van der Waals surface area contributed by atoms with Gasteiger partial charge in [0.1, 0.15) is 17.7 Å². The number of hydrogen-bond donors (Lipinski definition) is 2. The standard InChI is InChI=1S/C23H24ClFN6O/c1-14-12-31-20(18-5-2-16(24)8-19(18)25)9-22(29-23(31)28-14)30-6-7-32-21(13-30)15(10-26)11-27-17-3-4-17/h2,5,8-12,17,21,26-27H,3-4,6-7,13H2,1H3/b15-11+,26-10?. The molecule has 1 atom stereocenters. The van der Waals surface area contributed by atoms with Crippen LogP contribution in [0.25, 0.3) is 17.0 Å². The van der Waals surface area contributed by atoms with Crippen molar-refractivity contribution in [3.8, 4) is 11.3 Å². The predicted molar refractivity (Wildman–Crippen MR) is 123 cm³/mol. The number of ether oxygens (including phenoxy) is 1. The summed E-state index contributed by atoms with van der Waals surface area (Å²) in [6.45, 7) is 3.57. The number of nitrogens with one attached hydrogen (secondary N) is 2. The fraction of sp³-hybridized carbons (Fsp3) is 0.348. The third-order valence-corrected chi connectivity index (χ3v) is 5.98. The smallest absolute Gasteiger partial charge is 0.236 e. The van der Waals surface area contributed by atoms with Crippen LogP contribution in [0.3, 0.4) is 0 Å². The normalized spacial score (nSPS) is 19.4. The monoisotopic (exact) mass is 454 g/mol. The van der Waals surface area contributed by atoms with Gasteiger partial charge in [-0.3, -0.25) is 4.40 Å². The number of halogens is 2. The molecular weight excluding hydrogens is 431 g/mol. The maximum Gasteiger partial charge on any atom is 0.236 e. The highest BCUT2D eigenvalue weighted by Crippen LogP contribution is 2.30. The zero-order chi connectivity index (χ0) is 22.2. The van der Waals surface area contributed by atoms with Gasteiger partial charge in [0.05, 0.1) is 18.0 Å². The van der Waals surface area contributed by atoms with Crippen LogP contribution >= 0.6 is 11.6 Å². The summed E-state index contributed by atoms with van der Waals surface area (Å²) in [6.07, 6.45) is 7.16. The summed E-state index contributed by atoms with van der Waals surface area (Å²) in [5.74, 6) is 0.799. The second-order valence-corrected chi connectivity index (χ2v) is 8.65. The van der Waals surface area contributed by atoms with Crippen LogP contribution in [0.4, 0.5) is 10.2 Å². The van der Waals surface area contributed by atoms with Crippen molar-refractivity contribution in [2.75, 3.05) is 24.6 Å². The number of rotatable bonds is 6. The Morgan fingerprint density at radius 1 is 1.31 bits per heavy atom. The van der Waals surface area contributed by atoms with Gasteiger partial charge in [0.25, 0.3) is 0 Å². The highest BCUT2D eigenvalue weighted by atomic mass is 35.5. The van der Waals surface area contributed by atoms with Gasteiger partial charge in [0.2, 0.25) is 5.78 Å². The molecule has 0 bridgehead atoms. The van der Waals surface area contributed by atoms with Crippen molar-refractivity contribution in [3.63, 3.8) is 0 Å². The lowest BCUT2D eigenvalue weighted by atomic mass is 10.1. The molecule has 3 heterocycles. The molecule has 7 nitrogen and oxygen atoms in total. The first-order valence-electron chi connectivity index (χ1n) is 10.7. The number of aromatic nitrogens is 3. The average Bonchev–Trinajstić information content (AvgIpc) is 3.53. The fourth-order valence-electron chi connectivity index (χ4n) is 3.89. The van der Waals surface area contributed by atoms with E-state index in [9.17, 15) is 4.39 Å². The second kappa shape index (κ2) is 8.52. The molecule has 1 unspecified atom stereocenters. The lowest BCUT2D eigenvalue weighted by Gasteiger charge is -2.34. The van der Waals surface area contributed by atoms with Crippen molar-refractivity contribution in [2.45, 2.75) is 31.9 Å². The number of nitrogens with zero attached hydrogens (tertiary/aromatic N) is 4. The summed E-state index contributed by atoms with van der Waals surface area (Å²) in [5.41, 5.74) is 2.67. The Morgan fingerprint density at radius 3 is 2.91 bits per heavy atom. The lowest BCUT2D eigenvalue weighted by Crippen LogP contribution is -2.44. The molecule has 2 N–H and O–H groups in total. The molecule has 2 aromatic heterocycles. The second-order valence-electron chi connectivity index (χ2n) is 8.21. The van der Waals surface area contributed by atoms with Crippen LogP contribution in [-0.2, 0) is 4.74 Å². The number of benzene rings is 1. The van der Waals surface area contributed by atoms with Crippen molar-refractivity contribution in [3.05, 3.63) is 58.8 Å². The van der Waals surface area contributed by atoms with Crippen LogP contribution in [0.15, 0.2) is 42.2 Å². The Kier molecular flexibility index (Phi) is 5.57. The lowest BCUT2D eigenvalue weighted by molar-refractivity contribution is 0.0675. The number of morpholine rings is 1. The SMILES string of the molecule is Cc1cn2c(-c3ccc(Cl)cc3F)cc(N3CCOC(/C(C=N)=C/NC4CC4)C3)nc2n1. The van der Waals surface area contributed by atoms with E-state index in [1.165, 1.54) is 12.3 Å². The van der Waals surface area contributed by atoms with Gasteiger partial charge >= 0.3 is 0 Å². The molecule has 2 fully saturated rings. The molecule has 1 aliphatic carbocycles. The highest BCUT2D eigenvalue weighted by Gasteiger charge is 2.26. The number of imidazole rings is 1. The number of hydrogen-bond acceptors (Lipinski definition) is 6. The van der Waals surface area contributed by atoms with E-state index in [0.717, 1.165) is 24.1 Å². The first-order chi connectivity index (χ1) is 15.5. The molecule has 166 valence electrons. The third kappa shape index (κ3) is 4.20. The van der Waals surface area contributed by atoms with Gasteiger partial charge in [0.15, 0.2) is 0 Å². The molecule has 9 heteroatoms. The van der Waals surface area contributed by atoms with Gasteiger partial charge in [-0.25, -0.2) is 9.37 Å². The highest BCUT2D eigenvalue weighted by molar-refractivity contribution is 6.30. The van der Waals surface area contributed by atoms with Crippen LogP contribution in [0, 0.1) is 18.2 Å². The van der Waals surface area contributed by atoms with Crippen LogP contribution in [0.1, 0.15) is 18.5 Å². The Bertz CT molecular complexity index is 1200. The van der Waals surface area contributed by atoms with Gasteiger partial charge < -0.3 is 20.4 Å². The van der Waals surface area contributed by atoms with E-state index in [4.69, 9.17) is 26.7 Å². The number of aryl methyl sites for hydroxylation is 1. The van der Waals surface area contributed by atoms with Crippen LogP contribution in [0.2, 0.25) is 5.02 Å². The summed E-state index contributed by atoms with van der Waals surface area (Å²) in [5, 5.41) is 11.5. The first-order valence-corrected chi connectivity index (χ1v) is 11.0. The fourth-order valence-corrected chi connectivity index (χ4v) is 4.04. The van der Waals surface area contributed by atoms with E-state index in [1.807, 2.05) is 25.4 Å². The minimum atomic E-state index is -0.401. The average molecular weight is 455 g/mol. The quantitative estimate of drug-likeness (QED) is 0.551. The maximum atomic E-state index is 14.8. The Hall–Kier alpha value is -2.97. The summed E-state index contributed by atoms with van der Waals surface area (Å²) >= 11 is 5.97. The zero-order valence-electron chi connectivity index (χ0n) is 17.7. The summed E-state index contributed by atoms with van der Waals surface area (Å²) in [6, 6.07) is 7.04. The summed E-state index contributed by atoms with van der Waals surface area (Å²) in [7, 11) is 0. The molecule has 1 saturated heterocycles. The van der Waals surface area contributed by atoms with E-state index in [0.29, 0.717) is 53.6 Å². The van der Waals surface area contributed by atoms with Crippen molar-refractivity contribution >= 4 is 29.4 Å². The largest absolute Gasteiger partial charge is 0.388 e. The van der Waals surface area contributed by atoms with Crippen molar-refractivity contribution in [1.29, 1.82) is 5.41 Å². The van der Waals surface area contributed by atoms with Crippen LogP contribution in [-0.4, -0.2) is 52.4 Å². The summed E-state index contributed by atoms with van der Waals surface area (Å²) in [4.78, 5) is 11.4. The topological polar surface area (TPSA) is 78.5 Å². The van der Waals surface area contributed by atoms with Crippen molar-refractivity contribution in [1.82, 2.24) is 19.7 Å². The molecule has 0 spiro atoms. The molecule has 3 aromatic rings. The minimum absolute atomic E-state index is 0.247. The van der Waals surface area contributed by atoms with E-state index in [1.54, 1.807) is 16.5 Å². The molecule has 0 amide bonds. The third-order valence-electron chi connectivity index (χ3n) is 5.75. The van der Waals surface area contributed by atoms with Crippen LogP contribution < -0.4 is 10.2 Å². The first kappa shape index (κ1) is 20.9. The minimum Gasteiger partial charge on any atom is -0.388 e. The van der Waals surface area contributed by atoms with E-state index in [2.05, 4.69) is 15.2 Å². The molecule has 0 radical (unpaired) electrons. The molecule has 5 rings (SSSR count). The molecule has 1 aromatic carbocycles. The molecule has 2 aliphatic rings. The Morgan fingerprint density at radius 2 is 2.16 bits per heavy atom. The molecule has 32 heavy (non-hydrogen) atoms. The van der Waals surface area contributed by atoms with Gasteiger partial charge in [-0.05, 0) is 38.0 Å². The van der Waals surface area contributed by atoms with E-state index in [-0.39, 0.29) is 6.10 Å². The van der Waals surface area contributed by atoms with E-state index >= 15 is 0 Å². The van der Waals surface area contributed by atoms with Crippen molar-refractivity contribution < 1.29 is 9.13 Å². The Balaban J connectivity index is 1.51.